The largest absolute Gasteiger partial charge is 0.494 e. The van der Waals surface area contributed by atoms with Crippen molar-refractivity contribution in [3.63, 3.8) is 0 Å². The summed E-state index contributed by atoms with van der Waals surface area (Å²) in [5, 5.41) is 7.70. The quantitative estimate of drug-likeness (QED) is 0.240. The summed E-state index contributed by atoms with van der Waals surface area (Å²) in [6.07, 6.45) is 5.09. The van der Waals surface area contributed by atoms with Gasteiger partial charge in [0.2, 0.25) is 0 Å². The Bertz CT molecular complexity index is 1570. The first kappa shape index (κ1) is 29.9. The first-order valence-corrected chi connectivity index (χ1v) is 14.6. The van der Waals surface area contributed by atoms with Crippen LogP contribution in [-0.4, -0.2) is 70.8 Å². The normalized spacial score (nSPS) is 13.2. The van der Waals surface area contributed by atoms with E-state index in [0.29, 0.717) is 34.3 Å². The monoisotopic (exact) mass is 582 g/mol. The lowest BCUT2D eigenvalue weighted by Crippen LogP contribution is -2.32. The van der Waals surface area contributed by atoms with Gasteiger partial charge in [-0.2, -0.15) is 0 Å². The molecule has 0 radical (unpaired) electrons. The lowest BCUT2D eigenvalue weighted by molar-refractivity contribution is 0.00136. The topological polar surface area (TPSA) is 140 Å². The molecule has 12 nitrogen and oxygen atoms in total. The van der Waals surface area contributed by atoms with Crippen LogP contribution in [0, 0.1) is 6.92 Å². The van der Waals surface area contributed by atoms with Crippen LogP contribution < -0.4 is 14.2 Å². The third-order valence-corrected chi connectivity index (χ3v) is 8.41. The van der Waals surface area contributed by atoms with Gasteiger partial charge in [0.1, 0.15) is 29.0 Å². The van der Waals surface area contributed by atoms with Gasteiger partial charge in [0.25, 0.3) is 0 Å². The molecule has 3 heterocycles. The summed E-state index contributed by atoms with van der Waals surface area (Å²) in [7, 11) is 0.627. The number of pyridine rings is 1. The van der Waals surface area contributed by atoms with E-state index in [0.717, 1.165) is 5.56 Å². The number of rotatable bonds is 12. The van der Waals surface area contributed by atoms with Crippen LogP contribution in [-0.2, 0) is 20.3 Å². The minimum Gasteiger partial charge on any atom is -0.494 e. The molecule has 3 aromatic heterocycles. The van der Waals surface area contributed by atoms with Crippen molar-refractivity contribution in [1.82, 2.24) is 29.7 Å². The number of benzene rings is 1. The average molecular weight is 583 g/mol. The molecular formula is C28H34N6O6S. The first-order chi connectivity index (χ1) is 19.6. The maximum atomic E-state index is 14.0. The van der Waals surface area contributed by atoms with Gasteiger partial charge in [-0.25, -0.2) is 18.4 Å². The van der Waals surface area contributed by atoms with Gasteiger partial charge in [0.05, 0.1) is 45.1 Å². The summed E-state index contributed by atoms with van der Waals surface area (Å²) in [5.74, 6) is 1.66. The highest BCUT2D eigenvalue weighted by molar-refractivity contribution is 7.91. The number of ether oxygens (including phenoxy) is 4. The minimum absolute atomic E-state index is 0.162. The van der Waals surface area contributed by atoms with Gasteiger partial charge in [-0.05, 0) is 51.5 Å². The van der Waals surface area contributed by atoms with Crippen molar-refractivity contribution in [2.75, 3.05) is 21.3 Å². The number of hydrogen-bond donors (Lipinski definition) is 0. The van der Waals surface area contributed by atoms with Gasteiger partial charge >= 0.3 is 0 Å². The zero-order chi connectivity index (χ0) is 29.7. The predicted molar refractivity (Wildman–Crippen MR) is 152 cm³/mol. The van der Waals surface area contributed by atoms with E-state index in [2.05, 4.69) is 25.1 Å². The van der Waals surface area contributed by atoms with Crippen LogP contribution in [0.3, 0.4) is 0 Å². The molecule has 1 aromatic carbocycles. The van der Waals surface area contributed by atoms with Crippen molar-refractivity contribution in [3.05, 3.63) is 66.3 Å². The van der Waals surface area contributed by atoms with Gasteiger partial charge in [0.15, 0.2) is 33.1 Å². The Morgan fingerprint density at radius 1 is 0.902 bits per heavy atom. The van der Waals surface area contributed by atoms with Crippen molar-refractivity contribution < 1.29 is 27.4 Å². The van der Waals surface area contributed by atoms with Crippen molar-refractivity contribution >= 4 is 9.84 Å². The third kappa shape index (κ3) is 6.46. The Hall–Kier alpha value is -4.10. The fourth-order valence-corrected chi connectivity index (χ4v) is 5.69. The van der Waals surface area contributed by atoms with E-state index in [1.165, 1.54) is 33.7 Å². The fourth-order valence-electron chi connectivity index (χ4n) is 4.31. The summed E-state index contributed by atoms with van der Waals surface area (Å²) < 4.78 is 52.1. The molecule has 0 aliphatic heterocycles. The Labute approximate surface area is 239 Å². The standard InChI is InChI=1S/C28H34N6O6S/c1-17(2)40-26(27-30-14-21(37-5)15-31-27)19(4)41(35,36)16-24-32-33-28(20-11-18(3)12-29-13-20)34(24)25-22(38-6)9-8-10-23(25)39-7/h8-15,17,19,26H,16H2,1-7H3/t19-,26+/m0/s1. The molecule has 0 aliphatic carbocycles. The Kier molecular flexibility index (Phi) is 9.18. The van der Waals surface area contributed by atoms with Crippen LogP contribution in [0.1, 0.15) is 44.1 Å². The summed E-state index contributed by atoms with van der Waals surface area (Å²) in [4.78, 5) is 12.9. The SMILES string of the molecule is COc1cnc([C@H](OC(C)C)[C@H](C)S(=O)(=O)Cc2nnc(-c3cncc(C)c3)n2-c2c(OC)cccc2OC)nc1. The molecule has 218 valence electrons. The molecule has 0 bridgehead atoms. The van der Waals surface area contributed by atoms with E-state index in [4.69, 9.17) is 18.9 Å². The van der Waals surface area contributed by atoms with Gasteiger partial charge in [-0.1, -0.05) is 6.07 Å². The molecule has 0 fully saturated rings. The van der Waals surface area contributed by atoms with Crippen LogP contribution in [0.15, 0.2) is 49.1 Å². The van der Waals surface area contributed by atoms with E-state index in [1.54, 1.807) is 42.1 Å². The number of aromatic nitrogens is 6. The number of hydrogen-bond acceptors (Lipinski definition) is 11. The zero-order valence-electron chi connectivity index (χ0n) is 24.1. The zero-order valence-corrected chi connectivity index (χ0v) is 24.9. The molecule has 0 spiro atoms. The van der Waals surface area contributed by atoms with E-state index >= 15 is 0 Å². The smallest absolute Gasteiger partial charge is 0.170 e. The lowest BCUT2D eigenvalue weighted by atomic mass is 10.2. The van der Waals surface area contributed by atoms with Crippen molar-refractivity contribution in [1.29, 1.82) is 0 Å². The van der Waals surface area contributed by atoms with Crippen LogP contribution in [0.5, 0.6) is 17.2 Å². The molecule has 0 saturated heterocycles. The Morgan fingerprint density at radius 3 is 2.12 bits per heavy atom. The van der Waals surface area contributed by atoms with Crippen molar-refractivity contribution in [2.45, 2.75) is 50.9 Å². The highest BCUT2D eigenvalue weighted by atomic mass is 32.2. The number of methoxy groups -OCH3 is 3. The molecule has 0 N–H and O–H groups in total. The van der Waals surface area contributed by atoms with Crippen molar-refractivity contribution in [3.8, 4) is 34.3 Å². The summed E-state index contributed by atoms with van der Waals surface area (Å²) >= 11 is 0. The van der Waals surface area contributed by atoms with Crippen LogP contribution in [0.4, 0.5) is 0 Å². The lowest BCUT2D eigenvalue weighted by Gasteiger charge is -2.25. The second-order valence-electron chi connectivity index (χ2n) is 9.64. The van der Waals surface area contributed by atoms with Gasteiger partial charge in [0, 0.05) is 18.0 Å². The number of aryl methyl sites for hydroxylation is 1. The molecule has 0 saturated carbocycles. The maximum absolute atomic E-state index is 14.0. The summed E-state index contributed by atoms with van der Waals surface area (Å²) in [6.45, 7) is 7.13. The Morgan fingerprint density at radius 2 is 1.56 bits per heavy atom. The predicted octanol–water partition coefficient (Wildman–Crippen LogP) is 3.92. The second kappa shape index (κ2) is 12.6. The van der Waals surface area contributed by atoms with Crippen LogP contribution in [0.2, 0.25) is 0 Å². The highest BCUT2D eigenvalue weighted by Crippen LogP contribution is 2.37. The van der Waals surface area contributed by atoms with E-state index in [-0.39, 0.29) is 17.8 Å². The molecule has 2 atom stereocenters. The van der Waals surface area contributed by atoms with E-state index in [1.807, 2.05) is 26.8 Å². The van der Waals surface area contributed by atoms with Crippen LogP contribution >= 0.6 is 0 Å². The maximum Gasteiger partial charge on any atom is 0.170 e. The van der Waals surface area contributed by atoms with Gasteiger partial charge < -0.3 is 18.9 Å². The molecule has 4 rings (SSSR count). The third-order valence-electron chi connectivity index (χ3n) is 6.37. The highest BCUT2D eigenvalue weighted by Gasteiger charge is 2.36. The van der Waals surface area contributed by atoms with E-state index < -0.39 is 26.9 Å². The average Bonchev–Trinajstić information content (AvgIpc) is 3.37. The molecule has 13 heteroatoms. The molecule has 0 amide bonds. The number of para-hydroxylation sites is 1. The van der Waals surface area contributed by atoms with Crippen LogP contribution in [0.25, 0.3) is 17.1 Å². The fraction of sp³-hybridized carbons (Fsp3) is 0.393. The number of sulfone groups is 1. The molecule has 0 unspecified atom stereocenters. The molecule has 4 aromatic rings. The molecule has 41 heavy (non-hydrogen) atoms. The van der Waals surface area contributed by atoms with Crippen molar-refractivity contribution in [2.24, 2.45) is 0 Å². The summed E-state index contributed by atoms with van der Waals surface area (Å²) in [5.41, 5.74) is 2.01. The van der Waals surface area contributed by atoms with E-state index in [9.17, 15) is 8.42 Å². The summed E-state index contributed by atoms with van der Waals surface area (Å²) in [6, 6.07) is 7.18. The first-order valence-electron chi connectivity index (χ1n) is 12.9. The number of nitrogens with zero attached hydrogens (tertiary/aromatic N) is 6. The van der Waals surface area contributed by atoms with Gasteiger partial charge in [-0.3, -0.25) is 9.55 Å². The minimum atomic E-state index is -3.93. The Balaban J connectivity index is 1.83. The van der Waals surface area contributed by atoms with Gasteiger partial charge in [-0.15, -0.1) is 10.2 Å². The second-order valence-corrected chi connectivity index (χ2v) is 12.0. The molecule has 0 aliphatic rings. The molecular weight excluding hydrogens is 548 g/mol.